The second-order valence-electron chi connectivity index (χ2n) is 6.36. The van der Waals surface area contributed by atoms with Gasteiger partial charge < -0.3 is 10.6 Å². The molecule has 0 bridgehead atoms. The van der Waals surface area contributed by atoms with E-state index in [1.165, 1.54) is 24.0 Å². The first-order chi connectivity index (χ1) is 10.7. The Hall–Kier alpha value is -2.11. The summed E-state index contributed by atoms with van der Waals surface area (Å²) in [7, 11) is 0. The van der Waals surface area contributed by atoms with Crippen LogP contribution >= 0.6 is 0 Å². The highest BCUT2D eigenvalue weighted by atomic mass is 14.9. The van der Waals surface area contributed by atoms with Gasteiger partial charge in [0, 0.05) is 30.4 Å². The van der Waals surface area contributed by atoms with Crippen molar-refractivity contribution in [2.24, 2.45) is 5.73 Å². The molecule has 0 aromatic heterocycles. The average molecular weight is 290 g/mol. The van der Waals surface area contributed by atoms with E-state index in [2.05, 4.69) is 35.2 Å². The molecule has 22 heavy (non-hydrogen) atoms. The summed E-state index contributed by atoms with van der Waals surface area (Å²) in [6, 6.07) is 20.7. The van der Waals surface area contributed by atoms with E-state index < -0.39 is 0 Å². The zero-order valence-electron chi connectivity index (χ0n) is 12.8. The van der Waals surface area contributed by atoms with E-state index in [1.54, 1.807) is 0 Å². The fraction of sp³-hybridized carbons (Fsp3) is 0.350. The van der Waals surface area contributed by atoms with Gasteiger partial charge in [0.1, 0.15) is 0 Å². The molecule has 0 saturated heterocycles. The summed E-state index contributed by atoms with van der Waals surface area (Å²) in [6.45, 7) is 7.83. The minimum atomic E-state index is -0.124. The minimum absolute atomic E-state index is 0.124. The van der Waals surface area contributed by atoms with Crippen LogP contribution in [0.15, 0.2) is 60.7 Å². The summed E-state index contributed by atoms with van der Waals surface area (Å²) in [6.07, 6.45) is 4.63. The molecular weight excluding hydrogens is 268 g/mol. The number of rotatable bonds is 3. The van der Waals surface area contributed by atoms with Gasteiger partial charge >= 0.3 is 0 Å². The number of benzene rings is 2. The second-order valence-corrected chi connectivity index (χ2v) is 6.36. The Balaban J connectivity index is 0.000000131. The van der Waals surface area contributed by atoms with E-state index in [0.717, 1.165) is 19.4 Å². The third kappa shape index (κ3) is 2.91. The molecule has 0 atom stereocenters. The molecule has 0 heterocycles. The van der Waals surface area contributed by atoms with E-state index in [4.69, 9.17) is 12.3 Å². The van der Waals surface area contributed by atoms with Crippen LogP contribution in [-0.4, -0.2) is 6.54 Å². The molecule has 2 aromatic carbocycles. The monoisotopic (exact) mass is 290 g/mol. The first kappa shape index (κ1) is 14.8. The van der Waals surface area contributed by atoms with Crippen molar-refractivity contribution in [2.45, 2.75) is 36.6 Å². The van der Waals surface area contributed by atoms with Gasteiger partial charge in [0.15, 0.2) is 0 Å². The topological polar surface area (TPSA) is 30.4 Å². The summed E-state index contributed by atoms with van der Waals surface area (Å²) in [4.78, 5) is 3.65. The first-order valence-corrected chi connectivity index (χ1v) is 7.94. The predicted molar refractivity (Wildman–Crippen MR) is 90.4 cm³/mol. The van der Waals surface area contributed by atoms with Crippen LogP contribution in [0.25, 0.3) is 4.85 Å². The minimum Gasteiger partial charge on any atom is -0.330 e. The lowest BCUT2D eigenvalue weighted by Gasteiger charge is -2.11. The summed E-state index contributed by atoms with van der Waals surface area (Å²) in [5.74, 6) is 0. The van der Waals surface area contributed by atoms with Crippen LogP contribution in [0, 0.1) is 6.57 Å². The highest BCUT2D eigenvalue weighted by molar-refractivity contribution is 5.34. The highest BCUT2D eigenvalue weighted by Crippen LogP contribution is 2.49. The summed E-state index contributed by atoms with van der Waals surface area (Å²) < 4.78 is 0. The van der Waals surface area contributed by atoms with Gasteiger partial charge in [0.2, 0.25) is 0 Å². The fourth-order valence-electron chi connectivity index (χ4n) is 2.89. The molecule has 4 rings (SSSR count). The standard InChI is InChI=1S/C10H9N.C10H13N/c1-11-10(7-8-10)9-5-3-2-4-6-9;11-8-10(6-7-10)9-4-2-1-3-5-9/h2-6H,7-8H2;1-5H,6-8,11H2. The fourth-order valence-corrected chi connectivity index (χ4v) is 2.89. The van der Waals surface area contributed by atoms with Gasteiger partial charge in [0.05, 0.1) is 0 Å². The normalized spacial score (nSPS) is 19.3. The quantitative estimate of drug-likeness (QED) is 0.841. The Morgan fingerprint density at radius 3 is 1.68 bits per heavy atom. The van der Waals surface area contributed by atoms with Gasteiger partial charge in [-0.2, -0.15) is 0 Å². The zero-order chi connectivity index (χ0) is 15.5. The summed E-state index contributed by atoms with van der Waals surface area (Å²) in [5, 5.41) is 0. The highest BCUT2D eigenvalue weighted by Gasteiger charge is 2.52. The van der Waals surface area contributed by atoms with E-state index in [0.29, 0.717) is 5.41 Å². The Morgan fingerprint density at radius 2 is 1.32 bits per heavy atom. The van der Waals surface area contributed by atoms with Crippen molar-refractivity contribution in [3.63, 3.8) is 0 Å². The van der Waals surface area contributed by atoms with E-state index >= 15 is 0 Å². The molecule has 2 fully saturated rings. The molecule has 0 amide bonds. The summed E-state index contributed by atoms with van der Waals surface area (Å²) in [5.41, 5.74) is 8.55. The van der Waals surface area contributed by atoms with Crippen LogP contribution in [0.1, 0.15) is 36.8 Å². The maximum Gasteiger partial charge on any atom is 0.258 e. The van der Waals surface area contributed by atoms with Crippen molar-refractivity contribution in [3.8, 4) is 0 Å². The number of hydrogen-bond acceptors (Lipinski definition) is 1. The van der Waals surface area contributed by atoms with Gasteiger partial charge in [-0.05, 0) is 18.4 Å². The molecule has 112 valence electrons. The van der Waals surface area contributed by atoms with Crippen molar-refractivity contribution in [1.82, 2.24) is 0 Å². The van der Waals surface area contributed by atoms with Gasteiger partial charge in [-0.25, -0.2) is 6.57 Å². The van der Waals surface area contributed by atoms with Crippen LogP contribution in [0.5, 0.6) is 0 Å². The van der Waals surface area contributed by atoms with Crippen molar-refractivity contribution in [1.29, 1.82) is 0 Å². The van der Waals surface area contributed by atoms with Crippen LogP contribution < -0.4 is 5.73 Å². The molecule has 2 N–H and O–H groups in total. The molecule has 2 aliphatic carbocycles. The van der Waals surface area contributed by atoms with Gasteiger partial charge in [0.25, 0.3) is 5.54 Å². The molecule has 0 radical (unpaired) electrons. The lowest BCUT2D eigenvalue weighted by molar-refractivity contribution is 0.705. The van der Waals surface area contributed by atoms with Crippen LogP contribution in [0.3, 0.4) is 0 Å². The van der Waals surface area contributed by atoms with Crippen LogP contribution in [0.4, 0.5) is 0 Å². The van der Waals surface area contributed by atoms with Gasteiger partial charge in [-0.1, -0.05) is 60.7 Å². The third-order valence-corrected chi connectivity index (χ3v) is 4.88. The average Bonchev–Trinajstić information content (AvgIpc) is 3.52. The summed E-state index contributed by atoms with van der Waals surface area (Å²) >= 11 is 0. The van der Waals surface area contributed by atoms with Gasteiger partial charge in [-0.3, -0.25) is 0 Å². The predicted octanol–water partition coefficient (Wildman–Crippen LogP) is 4.27. The maximum atomic E-state index is 7.03. The zero-order valence-corrected chi connectivity index (χ0v) is 12.8. The lowest BCUT2D eigenvalue weighted by Crippen LogP contribution is -2.19. The molecular formula is C20H22N2. The Morgan fingerprint density at radius 1 is 0.818 bits per heavy atom. The van der Waals surface area contributed by atoms with Crippen LogP contribution in [-0.2, 0) is 11.0 Å². The molecule has 2 nitrogen and oxygen atoms in total. The molecule has 2 aromatic rings. The van der Waals surface area contributed by atoms with Gasteiger partial charge in [-0.15, -0.1) is 0 Å². The maximum absolute atomic E-state index is 7.03. The molecule has 2 saturated carbocycles. The largest absolute Gasteiger partial charge is 0.330 e. The van der Waals surface area contributed by atoms with Crippen molar-refractivity contribution >= 4 is 0 Å². The Labute approximate surface area is 132 Å². The Kier molecular flexibility index (Phi) is 4.00. The van der Waals surface area contributed by atoms with E-state index in [-0.39, 0.29) is 5.54 Å². The molecule has 2 aliphatic rings. The Bertz CT molecular complexity index is 647. The molecule has 0 unspecified atom stereocenters. The number of nitrogens with two attached hydrogens (primary N) is 1. The van der Waals surface area contributed by atoms with Crippen molar-refractivity contribution < 1.29 is 0 Å². The first-order valence-electron chi connectivity index (χ1n) is 7.94. The molecule has 0 spiro atoms. The van der Waals surface area contributed by atoms with E-state index in [9.17, 15) is 0 Å². The number of nitrogens with zero attached hydrogens (tertiary/aromatic N) is 1. The molecule has 0 aliphatic heterocycles. The number of hydrogen-bond donors (Lipinski definition) is 1. The second kappa shape index (κ2) is 5.94. The van der Waals surface area contributed by atoms with Crippen molar-refractivity contribution in [2.75, 3.05) is 6.54 Å². The third-order valence-electron chi connectivity index (χ3n) is 4.88. The van der Waals surface area contributed by atoms with Crippen molar-refractivity contribution in [3.05, 3.63) is 83.2 Å². The smallest absolute Gasteiger partial charge is 0.258 e. The lowest BCUT2D eigenvalue weighted by atomic mass is 9.97. The van der Waals surface area contributed by atoms with Crippen LogP contribution in [0.2, 0.25) is 0 Å². The van der Waals surface area contributed by atoms with E-state index in [1.807, 2.05) is 30.3 Å². The SMILES string of the molecule is NCC1(c2ccccc2)CC1.[C-]#[N+]C1(c2ccccc2)CC1. The molecule has 2 heteroatoms.